The summed E-state index contributed by atoms with van der Waals surface area (Å²) in [6.07, 6.45) is 13.1. The van der Waals surface area contributed by atoms with Gasteiger partial charge in [-0.2, -0.15) is 0 Å². The van der Waals surface area contributed by atoms with Gasteiger partial charge in [0.25, 0.3) is 0 Å². The van der Waals surface area contributed by atoms with Gasteiger partial charge in [-0.15, -0.1) is 0 Å². The number of esters is 2. The number of carbonyl (C=O) groups is 2. The van der Waals surface area contributed by atoms with E-state index < -0.39 is 18.7 Å². The SMILES string of the molecule is C=C/C=C(\C=C)C(=O)OCOC.C=C/C=C\C=C\CC(=O)OCO.CC. The predicted octanol–water partition coefficient (Wildman–Crippen LogP) is 3.63. The van der Waals surface area contributed by atoms with Gasteiger partial charge in [-0.1, -0.05) is 76.1 Å². The van der Waals surface area contributed by atoms with Crippen molar-refractivity contribution in [3.63, 3.8) is 0 Å². The number of aliphatic hydroxyl groups is 1. The predicted molar refractivity (Wildman–Crippen MR) is 104 cm³/mol. The molecule has 0 aliphatic heterocycles. The van der Waals surface area contributed by atoms with Crippen molar-refractivity contribution in [2.45, 2.75) is 20.3 Å². The van der Waals surface area contributed by atoms with Crippen LogP contribution >= 0.6 is 0 Å². The van der Waals surface area contributed by atoms with Gasteiger partial charge < -0.3 is 19.3 Å². The molecular formula is C20H30O6. The Balaban J connectivity index is -0.000000371. The molecule has 0 fully saturated rings. The third-order valence-electron chi connectivity index (χ3n) is 2.07. The van der Waals surface area contributed by atoms with Gasteiger partial charge in [-0.05, 0) is 6.08 Å². The molecule has 0 aliphatic rings. The summed E-state index contributed by atoms with van der Waals surface area (Å²) in [6, 6.07) is 0. The van der Waals surface area contributed by atoms with Crippen LogP contribution in [0.3, 0.4) is 0 Å². The van der Waals surface area contributed by atoms with E-state index in [1.54, 1.807) is 30.4 Å². The van der Waals surface area contributed by atoms with Gasteiger partial charge in [-0.3, -0.25) is 4.79 Å². The molecule has 0 heterocycles. The van der Waals surface area contributed by atoms with E-state index in [1.807, 2.05) is 13.8 Å². The first-order valence-corrected chi connectivity index (χ1v) is 7.89. The molecule has 0 saturated heterocycles. The molecule has 1 N–H and O–H groups in total. The average Bonchev–Trinajstić information content (AvgIpc) is 2.66. The molecule has 0 aromatic carbocycles. The van der Waals surface area contributed by atoms with E-state index >= 15 is 0 Å². The Kier molecular flexibility index (Phi) is 26.6. The van der Waals surface area contributed by atoms with Crippen LogP contribution in [0.5, 0.6) is 0 Å². The summed E-state index contributed by atoms with van der Waals surface area (Å²) in [4.78, 5) is 21.6. The molecule has 0 amide bonds. The maximum Gasteiger partial charge on any atom is 0.340 e. The number of ether oxygens (including phenoxy) is 3. The van der Waals surface area contributed by atoms with Gasteiger partial charge in [0.15, 0.2) is 13.6 Å². The average molecular weight is 366 g/mol. The Hall–Kier alpha value is -2.70. The number of hydrogen-bond donors (Lipinski definition) is 1. The summed E-state index contributed by atoms with van der Waals surface area (Å²) in [7, 11) is 1.44. The molecule has 146 valence electrons. The number of carbonyl (C=O) groups excluding carboxylic acids is 2. The van der Waals surface area contributed by atoms with Gasteiger partial charge in [0.05, 0.1) is 12.0 Å². The summed E-state index contributed by atoms with van der Waals surface area (Å²) >= 11 is 0. The van der Waals surface area contributed by atoms with E-state index in [2.05, 4.69) is 33.9 Å². The summed E-state index contributed by atoms with van der Waals surface area (Å²) in [5.74, 6) is -0.910. The zero-order valence-corrected chi connectivity index (χ0v) is 15.8. The lowest BCUT2D eigenvalue weighted by Gasteiger charge is -2.01. The van der Waals surface area contributed by atoms with Crippen molar-refractivity contribution in [1.82, 2.24) is 0 Å². The molecule has 0 aliphatic carbocycles. The fourth-order valence-electron chi connectivity index (χ4n) is 1.06. The van der Waals surface area contributed by atoms with Crippen LogP contribution in [0.1, 0.15) is 20.3 Å². The summed E-state index contributed by atoms with van der Waals surface area (Å²) in [5, 5.41) is 8.18. The monoisotopic (exact) mass is 366 g/mol. The minimum Gasteiger partial charge on any atom is -0.438 e. The molecule has 0 atom stereocenters. The van der Waals surface area contributed by atoms with Crippen LogP contribution < -0.4 is 0 Å². The molecule has 0 aromatic rings. The molecular weight excluding hydrogens is 336 g/mol. The minimum atomic E-state index is -0.560. The largest absolute Gasteiger partial charge is 0.438 e. The van der Waals surface area contributed by atoms with Crippen molar-refractivity contribution in [1.29, 1.82) is 0 Å². The summed E-state index contributed by atoms with van der Waals surface area (Å²) in [6.45, 7) is 13.8. The van der Waals surface area contributed by atoms with Gasteiger partial charge in [0.1, 0.15) is 0 Å². The van der Waals surface area contributed by atoms with Gasteiger partial charge in [0.2, 0.25) is 0 Å². The fraction of sp³-hybridized carbons (Fsp3) is 0.300. The van der Waals surface area contributed by atoms with E-state index in [0.717, 1.165) is 0 Å². The number of hydrogen-bond acceptors (Lipinski definition) is 6. The van der Waals surface area contributed by atoms with Crippen molar-refractivity contribution >= 4 is 11.9 Å². The zero-order chi connectivity index (χ0) is 20.6. The van der Waals surface area contributed by atoms with E-state index in [0.29, 0.717) is 5.57 Å². The summed E-state index contributed by atoms with van der Waals surface area (Å²) in [5.41, 5.74) is 0.363. The van der Waals surface area contributed by atoms with Gasteiger partial charge in [-0.25, -0.2) is 4.79 Å². The minimum absolute atomic E-state index is 0.0544. The maximum absolute atomic E-state index is 11.0. The zero-order valence-electron chi connectivity index (χ0n) is 15.8. The Labute approximate surface area is 156 Å². The Morgan fingerprint density at radius 1 is 1.00 bits per heavy atom. The highest BCUT2D eigenvalue weighted by Gasteiger charge is 2.04. The van der Waals surface area contributed by atoms with Crippen molar-refractivity contribution in [2.75, 3.05) is 20.7 Å². The van der Waals surface area contributed by atoms with E-state index in [1.165, 1.54) is 25.3 Å². The molecule has 6 heteroatoms. The van der Waals surface area contributed by atoms with Crippen LogP contribution in [0.2, 0.25) is 0 Å². The van der Waals surface area contributed by atoms with Crippen molar-refractivity contribution in [3.05, 3.63) is 73.9 Å². The lowest BCUT2D eigenvalue weighted by molar-refractivity contribution is -0.151. The third kappa shape index (κ3) is 21.3. The molecule has 0 radical (unpaired) electrons. The molecule has 0 saturated carbocycles. The topological polar surface area (TPSA) is 82.1 Å². The second-order valence-electron chi connectivity index (χ2n) is 3.80. The fourth-order valence-corrected chi connectivity index (χ4v) is 1.06. The molecule has 26 heavy (non-hydrogen) atoms. The van der Waals surface area contributed by atoms with Crippen molar-refractivity contribution in [2.24, 2.45) is 0 Å². The maximum atomic E-state index is 11.0. The lowest BCUT2D eigenvalue weighted by atomic mass is 10.2. The number of rotatable bonds is 10. The Bertz CT molecular complexity index is 487. The highest BCUT2D eigenvalue weighted by molar-refractivity contribution is 5.91. The molecule has 0 unspecified atom stereocenters. The highest BCUT2D eigenvalue weighted by Crippen LogP contribution is 1.99. The van der Waals surface area contributed by atoms with E-state index in [-0.39, 0.29) is 13.2 Å². The highest BCUT2D eigenvalue weighted by atomic mass is 16.7. The summed E-state index contributed by atoms with van der Waals surface area (Å²) < 4.78 is 13.5. The van der Waals surface area contributed by atoms with E-state index in [4.69, 9.17) is 5.11 Å². The van der Waals surface area contributed by atoms with Crippen LogP contribution in [0.15, 0.2) is 73.9 Å². The van der Waals surface area contributed by atoms with Crippen LogP contribution in [0.4, 0.5) is 0 Å². The first-order chi connectivity index (χ1) is 12.6. The quantitative estimate of drug-likeness (QED) is 0.275. The van der Waals surface area contributed by atoms with Crippen LogP contribution in [-0.4, -0.2) is 37.7 Å². The normalized spacial score (nSPS) is 10.1. The number of allylic oxidation sites excluding steroid dienone is 6. The number of methoxy groups -OCH3 is 1. The van der Waals surface area contributed by atoms with Crippen molar-refractivity contribution < 1.29 is 28.9 Å². The Morgan fingerprint density at radius 2 is 1.65 bits per heavy atom. The Morgan fingerprint density at radius 3 is 2.12 bits per heavy atom. The lowest BCUT2D eigenvalue weighted by Crippen LogP contribution is -2.08. The molecule has 0 rings (SSSR count). The standard InChI is InChI=1S/2C9H12O3.C2H6/c1-4-6-8(5-2)9(10)12-7-11-3;1-2-3-4-5-6-7-9(11)12-8-10;1-2/h4-6H,1-2,7H2,3H3;2-6,10H,1,7-8H2;1-2H3/b8-6+;4-3-,6-5+;. The van der Waals surface area contributed by atoms with E-state index in [9.17, 15) is 9.59 Å². The third-order valence-corrected chi connectivity index (χ3v) is 2.07. The second-order valence-corrected chi connectivity index (χ2v) is 3.80. The first-order valence-electron chi connectivity index (χ1n) is 7.89. The first kappa shape index (κ1) is 28.1. The van der Waals surface area contributed by atoms with Crippen LogP contribution in [0, 0.1) is 0 Å². The molecule has 0 spiro atoms. The van der Waals surface area contributed by atoms with Crippen LogP contribution in [-0.2, 0) is 23.8 Å². The number of aliphatic hydroxyl groups excluding tert-OH is 1. The molecule has 6 nitrogen and oxygen atoms in total. The van der Waals surface area contributed by atoms with Gasteiger partial charge >= 0.3 is 11.9 Å². The molecule has 0 aromatic heterocycles. The van der Waals surface area contributed by atoms with Gasteiger partial charge in [0, 0.05) is 7.11 Å². The van der Waals surface area contributed by atoms with Crippen LogP contribution in [0.25, 0.3) is 0 Å². The molecule has 0 bridgehead atoms. The smallest absolute Gasteiger partial charge is 0.340 e. The van der Waals surface area contributed by atoms with Crippen molar-refractivity contribution in [3.8, 4) is 0 Å². The second kappa shape index (κ2) is 24.6.